The molecule has 1 fully saturated rings. The average Bonchev–Trinajstić information content (AvgIpc) is 3.01. The second-order valence-electron chi connectivity index (χ2n) is 4.71. The van der Waals surface area contributed by atoms with E-state index in [0.29, 0.717) is 11.6 Å². The van der Waals surface area contributed by atoms with Gasteiger partial charge in [-0.25, -0.2) is 9.97 Å². The van der Waals surface area contributed by atoms with Gasteiger partial charge in [0.1, 0.15) is 11.9 Å². The molecule has 20 heavy (non-hydrogen) atoms. The van der Waals surface area contributed by atoms with Gasteiger partial charge in [-0.3, -0.25) is 0 Å². The van der Waals surface area contributed by atoms with Crippen LogP contribution in [0.5, 0.6) is 11.5 Å². The Morgan fingerprint density at radius 1 is 1.20 bits per heavy atom. The lowest BCUT2D eigenvalue weighted by Crippen LogP contribution is -2.19. The molecule has 1 atom stereocenters. The minimum absolute atomic E-state index is 0.223. The molecule has 0 amide bonds. The summed E-state index contributed by atoms with van der Waals surface area (Å²) in [6.45, 7) is 1.89. The zero-order valence-corrected chi connectivity index (χ0v) is 11.4. The highest BCUT2D eigenvalue weighted by molar-refractivity contribution is 5.57. The van der Waals surface area contributed by atoms with E-state index in [2.05, 4.69) is 15.3 Å². The van der Waals surface area contributed by atoms with Gasteiger partial charge < -0.3 is 14.8 Å². The van der Waals surface area contributed by atoms with E-state index in [9.17, 15) is 0 Å². The molecule has 1 saturated heterocycles. The van der Waals surface area contributed by atoms with Gasteiger partial charge in [-0.15, -0.1) is 0 Å². The first-order valence-corrected chi connectivity index (χ1v) is 6.69. The first-order valence-electron chi connectivity index (χ1n) is 6.69. The highest BCUT2D eigenvalue weighted by Gasteiger charge is 2.16. The third-order valence-electron chi connectivity index (χ3n) is 3.27. The smallest absolute Gasteiger partial charge is 0.159 e. The van der Waals surface area contributed by atoms with Gasteiger partial charge in [0.2, 0.25) is 0 Å². The standard InChI is InChI=1S/C15H17N3O2/c1-19-12-4-2-3-11(7-12)15-17-9-14(10-18-15)20-13-5-6-16-8-13/h2-4,7,9-10,13,16H,5-6,8H2,1H3. The van der Waals surface area contributed by atoms with E-state index in [1.165, 1.54) is 0 Å². The van der Waals surface area contributed by atoms with Crippen LogP contribution in [-0.4, -0.2) is 36.3 Å². The number of aromatic nitrogens is 2. The number of hydrogen-bond donors (Lipinski definition) is 1. The first kappa shape index (κ1) is 12.9. The molecule has 1 aliphatic heterocycles. The predicted octanol–water partition coefficient (Wildman–Crippen LogP) is 1.89. The Kier molecular flexibility index (Phi) is 3.78. The van der Waals surface area contributed by atoms with E-state index < -0.39 is 0 Å². The van der Waals surface area contributed by atoms with Crippen molar-refractivity contribution in [1.29, 1.82) is 0 Å². The molecule has 0 radical (unpaired) electrons. The lowest BCUT2D eigenvalue weighted by Gasteiger charge is -2.11. The molecule has 104 valence electrons. The molecule has 5 heteroatoms. The number of methoxy groups -OCH3 is 1. The lowest BCUT2D eigenvalue weighted by molar-refractivity contribution is 0.221. The van der Waals surface area contributed by atoms with Crippen molar-refractivity contribution < 1.29 is 9.47 Å². The van der Waals surface area contributed by atoms with Crippen LogP contribution in [-0.2, 0) is 0 Å². The molecule has 0 aliphatic carbocycles. The summed E-state index contributed by atoms with van der Waals surface area (Å²) >= 11 is 0. The Morgan fingerprint density at radius 3 is 2.75 bits per heavy atom. The monoisotopic (exact) mass is 271 g/mol. The summed E-state index contributed by atoms with van der Waals surface area (Å²) in [4.78, 5) is 8.71. The third-order valence-corrected chi connectivity index (χ3v) is 3.27. The van der Waals surface area contributed by atoms with Crippen molar-refractivity contribution in [3.05, 3.63) is 36.7 Å². The molecule has 2 aromatic rings. The van der Waals surface area contributed by atoms with Crippen molar-refractivity contribution in [2.45, 2.75) is 12.5 Å². The van der Waals surface area contributed by atoms with Crippen LogP contribution < -0.4 is 14.8 Å². The van der Waals surface area contributed by atoms with E-state index in [-0.39, 0.29) is 6.10 Å². The van der Waals surface area contributed by atoms with Gasteiger partial charge >= 0.3 is 0 Å². The number of nitrogens with one attached hydrogen (secondary N) is 1. The summed E-state index contributed by atoms with van der Waals surface area (Å²) in [5, 5.41) is 3.26. The highest BCUT2D eigenvalue weighted by Crippen LogP contribution is 2.22. The molecular formula is C15H17N3O2. The van der Waals surface area contributed by atoms with E-state index in [1.807, 2.05) is 24.3 Å². The summed E-state index contributed by atoms with van der Waals surface area (Å²) < 4.78 is 11.0. The Hall–Kier alpha value is -2.14. The van der Waals surface area contributed by atoms with Gasteiger partial charge in [-0.2, -0.15) is 0 Å². The van der Waals surface area contributed by atoms with Crippen LogP contribution in [0.1, 0.15) is 6.42 Å². The van der Waals surface area contributed by atoms with Crippen LogP contribution in [0.3, 0.4) is 0 Å². The maximum Gasteiger partial charge on any atom is 0.159 e. The second-order valence-corrected chi connectivity index (χ2v) is 4.71. The molecule has 5 nitrogen and oxygen atoms in total. The van der Waals surface area contributed by atoms with Crippen molar-refractivity contribution in [2.75, 3.05) is 20.2 Å². The van der Waals surface area contributed by atoms with E-state index in [0.717, 1.165) is 30.8 Å². The van der Waals surface area contributed by atoms with Crippen molar-refractivity contribution in [3.8, 4) is 22.9 Å². The maximum atomic E-state index is 5.80. The minimum Gasteiger partial charge on any atom is -0.497 e. The van der Waals surface area contributed by atoms with Crippen LogP contribution in [0.25, 0.3) is 11.4 Å². The van der Waals surface area contributed by atoms with Gasteiger partial charge in [-0.05, 0) is 25.1 Å². The van der Waals surface area contributed by atoms with Gasteiger partial charge in [0.05, 0.1) is 19.5 Å². The fourth-order valence-corrected chi connectivity index (χ4v) is 2.21. The fraction of sp³-hybridized carbons (Fsp3) is 0.333. The minimum atomic E-state index is 0.223. The van der Waals surface area contributed by atoms with Crippen molar-refractivity contribution >= 4 is 0 Å². The largest absolute Gasteiger partial charge is 0.497 e. The Bertz CT molecular complexity index is 566. The Balaban J connectivity index is 1.74. The van der Waals surface area contributed by atoms with Crippen LogP contribution in [0, 0.1) is 0 Å². The number of hydrogen-bond acceptors (Lipinski definition) is 5. The zero-order chi connectivity index (χ0) is 13.8. The Morgan fingerprint density at radius 2 is 2.05 bits per heavy atom. The maximum absolute atomic E-state index is 5.80. The van der Waals surface area contributed by atoms with Gasteiger partial charge in [0.25, 0.3) is 0 Å². The van der Waals surface area contributed by atoms with Crippen molar-refractivity contribution in [3.63, 3.8) is 0 Å². The molecule has 3 rings (SSSR count). The second kappa shape index (κ2) is 5.88. The van der Waals surface area contributed by atoms with Crippen LogP contribution in [0.2, 0.25) is 0 Å². The van der Waals surface area contributed by atoms with Gasteiger partial charge in [0.15, 0.2) is 11.6 Å². The van der Waals surface area contributed by atoms with Gasteiger partial charge in [0, 0.05) is 12.1 Å². The molecule has 0 spiro atoms. The average molecular weight is 271 g/mol. The van der Waals surface area contributed by atoms with Crippen LogP contribution >= 0.6 is 0 Å². The number of benzene rings is 1. The Labute approximate surface area is 118 Å². The SMILES string of the molecule is COc1cccc(-c2ncc(OC3CCNC3)cn2)c1. The topological polar surface area (TPSA) is 56.3 Å². The molecule has 2 heterocycles. The third kappa shape index (κ3) is 2.88. The zero-order valence-electron chi connectivity index (χ0n) is 11.4. The summed E-state index contributed by atoms with van der Waals surface area (Å²) in [6.07, 6.45) is 4.69. The van der Waals surface area contributed by atoms with E-state index in [1.54, 1.807) is 19.5 Å². The van der Waals surface area contributed by atoms with Crippen molar-refractivity contribution in [2.24, 2.45) is 0 Å². The predicted molar refractivity (Wildman–Crippen MR) is 75.9 cm³/mol. The molecule has 1 aromatic carbocycles. The highest BCUT2D eigenvalue weighted by atomic mass is 16.5. The quantitative estimate of drug-likeness (QED) is 0.920. The van der Waals surface area contributed by atoms with E-state index in [4.69, 9.17) is 9.47 Å². The van der Waals surface area contributed by atoms with Crippen molar-refractivity contribution in [1.82, 2.24) is 15.3 Å². The molecule has 0 bridgehead atoms. The summed E-state index contributed by atoms with van der Waals surface area (Å²) in [5.41, 5.74) is 0.929. The number of rotatable bonds is 4. The lowest BCUT2D eigenvalue weighted by atomic mass is 10.2. The van der Waals surface area contributed by atoms with Crippen LogP contribution in [0.15, 0.2) is 36.7 Å². The van der Waals surface area contributed by atoms with E-state index >= 15 is 0 Å². The molecule has 1 unspecified atom stereocenters. The molecule has 1 aliphatic rings. The first-order chi connectivity index (χ1) is 9.85. The number of ether oxygens (including phenoxy) is 2. The summed E-state index contributed by atoms with van der Waals surface area (Å²) in [5.74, 6) is 2.18. The molecule has 0 saturated carbocycles. The van der Waals surface area contributed by atoms with Gasteiger partial charge in [-0.1, -0.05) is 12.1 Å². The normalized spacial score (nSPS) is 17.9. The summed E-state index contributed by atoms with van der Waals surface area (Å²) in [6, 6.07) is 7.69. The van der Waals surface area contributed by atoms with Crippen LogP contribution in [0.4, 0.5) is 0 Å². The number of nitrogens with zero attached hydrogens (tertiary/aromatic N) is 2. The molecule has 1 aromatic heterocycles. The summed E-state index contributed by atoms with van der Waals surface area (Å²) in [7, 11) is 1.65. The molecule has 1 N–H and O–H groups in total. The molecular weight excluding hydrogens is 254 g/mol. The fourth-order valence-electron chi connectivity index (χ4n) is 2.21.